The summed E-state index contributed by atoms with van der Waals surface area (Å²) in [4.78, 5) is 11.2. The minimum absolute atomic E-state index is 0.203. The third-order valence-electron chi connectivity index (χ3n) is 4.09. The SMILES string of the molecule is O=C(O)c1cc(-c2ccc(CNNc3ccccc3)cc2)cc(C(F)(F)F)c1. The van der Waals surface area contributed by atoms with Gasteiger partial charge in [0.1, 0.15) is 0 Å². The molecule has 0 saturated heterocycles. The molecule has 0 aliphatic rings. The van der Waals surface area contributed by atoms with Gasteiger partial charge in [0.25, 0.3) is 0 Å². The molecule has 0 aliphatic heterocycles. The molecule has 3 aromatic rings. The standard InChI is InChI=1S/C21H17F3N2O2/c22-21(23,24)18-11-16(10-17(12-18)20(27)28)15-8-6-14(7-9-15)13-25-26-19-4-2-1-3-5-19/h1-12,25-26H,13H2,(H,27,28). The zero-order valence-electron chi connectivity index (χ0n) is 14.6. The smallest absolute Gasteiger partial charge is 0.416 e. The number of hydrogen-bond donors (Lipinski definition) is 3. The minimum atomic E-state index is -4.62. The Morgan fingerprint density at radius 1 is 0.893 bits per heavy atom. The van der Waals surface area contributed by atoms with Crippen molar-refractivity contribution in [2.24, 2.45) is 0 Å². The zero-order valence-corrected chi connectivity index (χ0v) is 14.6. The monoisotopic (exact) mass is 386 g/mol. The number of rotatable bonds is 6. The Hall–Kier alpha value is -3.32. The molecule has 0 heterocycles. The summed E-state index contributed by atoms with van der Waals surface area (Å²) < 4.78 is 39.2. The Balaban J connectivity index is 1.75. The number of hydrogen-bond acceptors (Lipinski definition) is 3. The third kappa shape index (κ3) is 4.89. The molecule has 0 saturated carbocycles. The Labute approximate surface area is 159 Å². The van der Waals surface area contributed by atoms with E-state index >= 15 is 0 Å². The van der Waals surface area contributed by atoms with Crippen molar-refractivity contribution in [3.05, 3.63) is 89.5 Å². The highest BCUT2D eigenvalue weighted by molar-refractivity contribution is 5.90. The number of hydrazine groups is 1. The van der Waals surface area contributed by atoms with Gasteiger partial charge < -0.3 is 10.5 Å². The van der Waals surface area contributed by atoms with E-state index in [1.807, 2.05) is 30.3 Å². The molecule has 0 bridgehead atoms. The van der Waals surface area contributed by atoms with Gasteiger partial charge >= 0.3 is 12.1 Å². The predicted molar refractivity (Wildman–Crippen MR) is 101 cm³/mol. The normalized spacial score (nSPS) is 11.2. The minimum Gasteiger partial charge on any atom is -0.478 e. The van der Waals surface area contributed by atoms with Gasteiger partial charge in [-0.05, 0) is 47.0 Å². The van der Waals surface area contributed by atoms with E-state index in [2.05, 4.69) is 10.9 Å². The molecule has 0 fully saturated rings. The molecule has 28 heavy (non-hydrogen) atoms. The first-order valence-electron chi connectivity index (χ1n) is 8.42. The van der Waals surface area contributed by atoms with Crippen LogP contribution in [0.2, 0.25) is 0 Å². The summed E-state index contributed by atoms with van der Waals surface area (Å²) in [7, 11) is 0. The van der Waals surface area contributed by atoms with E-state index < -0.39 is 23.3 Å². The van der Waals surface area contributed by atoms with E-state index in [-0.39, 0.29) is 5.56 Å². The number of benzene rings is 3. The largest absolute Gasteiger partial charge is 0.478 e. The first-order chi connectivity index (χ1) is 13.3. The lowest BCUT2D eigenvalue weighted by atomic mass is 9.98. The molecule has 0 unspecified atom stereocenters. The molecule has 0 aromatic heterocycles. The number of aromatic carboxylic acids is 1. The van der Waals surface area contributed by atoms with Gasteiger partial charge in [-0.25, -0.2) is 10.2 Å². The Bertz CT molecular complexity index is 956. The van der Waals surface area contributed by atoms with Crippen molar-refractivity contribution in [2.75, 3.05) is 5.43 Å². The van der Waals surface area contributed by atoms with Crippen LogP contribution < -0.4 is 10.9 Å². The molecule has 0 aliphatic carbocycles. The zero-order chi connectivity index (χ0) is 20.1. The van der Waals surface area contributed by atoms with Gasteiger partial charge in [0, 0.05) is 12.2 Å². The Morgan fingerprint density at radius 2 is 1.57 bits per heavy atom. The Morgan fingerprint density at radius 3 is 2.18 bits per heavy atom. The van der Waals surface area contributed by atoms with Crippen LogP contribution in [0.1, 0.15) is 21.5 Å². The number of nitrogens with one attached hydrogen (secondary N) is 2. The number of carboxylic acid groups (broad SMARTS) is 1. The second kappa shape index (κ2) is 8.14. The second-order valence-electron chi connectivity index (χ2n) is 6.14. The maximum Gasteiger partial charge on any atom is 0.416 e. The maximum absolute atomic E-state index is 13.1. The number of carbonyl (C=O) groups is 1. The van der Waals surface area contributed by atoms with E-state index in [4.69, 9.17) is 5.11 Å². The van der Waals surface area contributed by atoms with Gasteiger partial charge in [-0.1, -0.05) is 42.5 Å². The molecule has 3 N–H and O–H groups in total. The lowest BCUT2D eigenvalue weighted by Crippen LogP contribution is -2.20. The fourth-order valence-electron chi connectivity index (χ4n) is 2.67. The van der Waals surface area contributed by atoms with Crippen molar-refractivity contribution in [2.45, 2.75) is 12.7 Å². The van der Waals surface area contributed by atoms with Crippen molar-refractivity contribution in [3.8, 4) is 11.1 Å². The molecular formula is C21H17F3N2O2. The summed E-state index contributed by atoms with van der Waals surface area (Å²) in [5, 5.41) is 9.10. The average molecular weight is 386 g/mol. The van der Waals surface area contributed by atoms with E-state index in [1.165, 1.54) is 6.07 Å². The number of carboxylic acids is 1. The Kier molecular flexibility index (Phi) is 5.65. The summed E-state index contributed by atoms with van der Waals surface area (Å²) in [6, 6.07) is 19.2. The van der Waals surface area contributed by atoms with Crippen LogP contribution in [0.5, 0.6) is 0 Å². The molecule has 0 radical (unpaired) electrons. The molecule has 7 heteroatoms. The molecule has 3 aromatic carbocycles. The second-order valence-corrected chi connectivity index (χ2v) is 6.14. The lowest BCUT2D eigenvalue weighted by Gasteiger charge is -2.12. The molecule has 3 rings (SSSR count). The van der Waals surface area contributed by atoms with Gasteiger partial charge in [0.15, 0.2) is 0 Å². The van der Waals surface area contributed by atoms with E-state index in [9.17, 15) is 18.0 Å². The van der Waals surface area contributed by atoms with Crippen molar-refractivity contribution < 1.29 is 23.1 Å². The van der Waals surface area contributed by atoms with E-state index in [0.717, 1.165) is 17.3 Å². The van der Waals surface area contributed by atoms with Crippen LogP contribution >= 0.6 is 0 Å². The number of anilines is 1. The summed E-state index contributed by atoms with van der Waals surface area (Å²) in [5.41, 5.74) is 7.24. The van der Waals surface area contributed by atoms with Gasteiger partial charge in [-0.15, -0.1) is 0 Å². The summed E-state index contributed by atoms with van der Waals surface area (Å²) in [6.07, 6.45) is -4.62. The van der Waals surface area contributed by atoms with E-state index in [1.54, 1.807) is 24.3 Å². The first-order valence-corrected chi connectivity index (χ1v) is 8.42. The fraction of sp³-hybridized carbons (Fsp3) is 0.0952. The quantitative estimate of drug-likeness (QED) is 0.511. The van der Waals surface area contributed by atoms with Crippen LogP contribution in [0.3, 0.4) is 0 Å². The van der Waals surface area contributed by atoms with Gasteiger partial charge in [-0.2, -0.15) is 13.2 Å². The first kappa shape index (κ1) is 19.4. The van der Waals surface area contributed by atoms with Crippen LogP contribution in [-0.4, -0.2) is 11.1 Å². The molecule has 0 atom stereocenters. The summed E-state index contributed by atoms with van der Waals surface area (Å²) >= 11 is 0. The fourth-order valence-corrected chi connectivity index (χ4v) is 2.67. The average Bonchev–Trinajstić information content (AvgIpc) is 2.68. The van der Waals surface area contributed by atoms with Crippen molar-refractivity contribution >= 4 is 11.7 Å². The van der Waals surface area contributed by atoms with Crippen molar-refractivity contribution in [1.82, 2.24) is 5.43 Å². The van der Waals surface area contributed by atoms with Crippen LogP contribution in [0.4, 0.5) is 18.9 Å². The van der Waals surface area contributed by atoms with E-state index in [0.29, 0.717) is 18.2 Å². The highest BCUT2D eigenvalue weighted by atomic mass is 19.4. The molecule has 4 nitrogen and oxygen atoms in total. The number of alkyl halides is 3. The van der Waals surface area contributed by atoms with Crippen molar-refractivity contribution in [3.63, 3.8) is 0 Å². The molecule has 144 valence electrons. The third-order valence-corrected chi connectivity index (χ3v) is 4.09. The van der Waals surface area contributed by atoms with Crippen LogP contribution in [0, 0.1) is 0 Å². The summed E-state index contributed by atoms with van der Waals surface area (Å²) in [5.74, 6) is -1.40. The predicted octanol–water partition coefficient (Wildman–Crippen LogP) is 5.19. The van der Waals surface area contributed by atoms with Crippen LogP contribution in [0.25, 0.3) is 11.1 Å². The summed E-state index contributed by atoms with van der Waals surface area (Å²) in [6.45, 7) is 0.498. The van der Waals surface area contributed by atoms with Crippen molar-refractivity contribution in [1.29, 1.82) is 0 Å². The van der Waals surface area contributed by atoms with Gasteiger partial charge in [0.05, 0.1) is 11.1 Å². The molecule has 0 amide bonds. The molecule has 0 spiro atoms. The highest BCUT2D eigenvalue weighted by Gasteiger charge is 2.31. The number of halogens is 3. The van der Waals surface area contributed by atoms with Gasteiger partial charge in [0.2, 0.25) is 0 Å². The topological polar surface area (TPSA) is 61.4 Å². The van der Waals surface area contributed by atoms with Gasteiger partial charge in [-0.3, -0.25) is 0 Å². The maximum atomic E-state index is 13.1. The van der Waals surface area contributed by atoms with Crippen LogP contribution in [-0.2, 0) is 12.7 Å². The van der Waals surface area contributed by atoms with Crippen LogP contribution in [0.15, 0.2) is 72.8 Å². The molecular weight excluding hydrogens is 369 g/mol. The highest BCUT2D eigenvalue weighted by Crippen LogP contribution is 2.33. The number of para-hydroxylation sites is 1. The lowest BCUT2D eigenvalue weighted by molar-refractivity contribution is -0.137.